The number of carbonyl (C=O) groups excluding carboxylic acids is 2. The maximum Gasteiger partial charge on any atom is 0.257 e. The number of nitrogens with zero attached hydrogens (tertiary/aromatic N) is 1. The lowest BCUT2D eigenvalue weighted by Gasteiger charge is -2.21. The van der Waals surface area contributed by atoms with Gasteiger partial charge < -0.3 is 15.5 Å². The molecule has 0 atom stereocenters. The molecular formula is C20H26N4O4S. The van der Waals surface area contributed by atoms with Crippen LogP contribution >= 0.6 is 0 Å². The molecule has 156 valence electrons. The van der Waals surface area contributed by atoms with Gasteiger partial charge in [-0.2, -0.15) is 0 Å². The Morgan fingerprint density at radius 2 is 1.52 bits per heavy atom. The molecule has 2 aromatic rings. The minimum atomic E-state index is -3.59. The lowest BCUT2D eigenvalue weighted by molar-refractivity contribution is -0.114. The van der Waals surface area contributed by atoms with E-state index in [4.69, 9.17) is 0 Å². The number of hydrogen-bond donors (Lipinski definition) is 3. The topological polar surface area (TPSA) is 108 Å². The van der Waals surface area contributed by atoms with Gasteiger partial charge >= 0.3 is 0 Å². The fourth-order valence-corrected chi connectivity index (χ4v) is 3.42. The van der Waals surface area contributed by atoms with Gasteiger partial charge in [0, 0.05) is 37.1 Å². The number of hydrogen-bond acceptors (Lipinski definition) is 5. The molecule has 9 heteroatoms. The number of nitrogens with one attached hydrogen (secondary N) is 3. The van der Waals surface area contributed by atoms with Crippen molar-refractivity contribution in [3.8, 4) is 0 Å². The van der Waals surface area contributed by atoms with Crippen LogP contribution in [0.1, 0.15) is 31.1 Å². The lowest BCUT2D eigenvalue weighted by Crippen LogP contribution is -2.21. The van der Waals surface area contributed by atoms with Gasteiger partial charge in [0.1, 0.15) is 0 Å². The van der Waals surface area contributed by atoms with E-state index in [9.17, 15) is 18.0 Å². The molecule has 0 aliphatic carbocycles. The molecule has 0 heterocycles. The van der Waals surface area contributed by atoms with Crippen molar-refractivity contribution in [3.63, 3.8) is 0 Å². The van der Waals surface area contributed by atoms with Gasteiger partial charge in [-0.15, -0.1) is 0 Å². The Kier molecular flexibility index (Phi) is 7.22. The molecule has 0 spiro atoms. The first-order valence-corrected chi connectivity index (χ1v) is 11.1. The minimum Gasteiger partial charge on any atom is -0.372 e. The van der Waals surface area contributed by atoms with Gasteiger partial charge in [-0.3, -0.25) is 14.3 Å². The normalized spacial score (nSPS) is 10.9. The van der Waals surface area contributed by atoms with Crippen LogP contribution in [-0.4, -0.2) is 39.6 Å². The number of benzene rings is 2. The summed E-state index contributed by atoms with van der Waals surface area (Å²) in [4.78, 5) is 26.3. The molecule has 0 aliphatic rings. The summed E-state index contributed by atoms with van der Waals surface area (Å²) in [5.41, 5.74) is 2.22. The fourth-order valence-electron chi connectivity index (χ4n) is 2.84. The molecule has 0 aliphatic heterocycles. The zero-order valence-corrected chi connectivity index (χ0v) is 17.8. The number of carbonyl (C=O) groups is 2. The smallest absolute Gasteiger partial charge is 0.257 e. The van der Waals surface area contributed by atoms with Crippen LogP contribution in [0.2, 0.25) is 0 Å². The monoisotopic (exact) mass is 418 g/mol. The van der Waals surface area contributed by atoms with E-state index in [0.29, 0.717) is 11.4 Å². The van der Waals surface area contributed by atoms with Crippen LogP contribution in [0.25, 0.3) is 0 Å². The summed E-state index contributed by atoms with van der Waals surface area (Å²) >= 11 is 0. The van der Waals surface area contributed by atoms with Gasteiger partial charge in [0.2, 0.25) is 15.9 Å². The Balaban J connectivity index is 2.30. The Labute approximate surface area is 171 Å². The summed E-state index contributed by atoms with van der Waals surface area (Å²) in [5, 5.41) is 5.35. The van der Waals surface area contributed by atoms with E-state index in [2.05, 4.69) is 34.1 Å². The van der Waals surface area contributed by atoms with Crippen molar-refractivity contribution in [2.45, 2.75) is 20.8 Å². The maximum atomic E-state index is 12.8. The van der Waals surface area contributed by atoms with E-state index in [1.807, 2.05) is 12.1 Å². The van der Waals surface area contributed by atoms with E-state index in [0.717, 1.165) is 25.0 Å². The highest BCUT2D eigenvalue weighted by Crippen LogP contribution is 2.24. The van der Waals surface area contributed by atoms with Gasteiger partial charge in [-0.1, -0.05) is 0 Å². The molecule has 29 heavy (non-hydrogen) atoms. The number of sulfonamides is 1. The third kappa shape index (κ3) is 6.49. The van der Waals surface area contributed by atoms with E-state index in [1.165, 1.54) is 25.1 Å². The average Bonchev–Trinajstić information content (AvgIpc) is 2.63. The summed E-state index contributed by atoms with van der Waals surface area (Å²) in [6, 6.07) is 11.8. The zero-order valence-electron chi connectivity index (χ0n) is 16.9. The molecule has 3 N–H and O–H groups in total. The summed E-state index contributed by atoms with van der Waals surface area (Å²) in [7, 11) is -3.59. The van der Waals surface area contributed by atoms with Crippen molar-refractivity contribution < 1.29 is 18.0 Å². The third-order valence-corrected chi connectivity index (χ3v) is 4.72. The molecular weight excluding hydrogens is 392 g/mol. The second-order valence-corrected chi connectivity index (χ2v) is 8.24. The van der Waals surface area contributed by atoms with Gasteiger partial charge in [0.05, 0.1) is 17.5 Å². The van der Waals surface area contributed by atoms with Crippen molar-refractivity contribution in [1.82, 2.24) is 0 Å². The van der Waals surface area contributed by atoms with Crippen LogP contribution in [0.4, 0.5) is 22.7 Å². The Bertz CT molecular complexity index is 984. The molecule has 2 amide bonds. The molecule has 0 unspecified atom stereocenters. The number of amides is 2. The number of anilines is 4. The molecule has 0 aromatic heterocycles. The van der Waals surface area contributed by atoms with Crippen LogP contribution in [0.5, 0.6) is 0 Å². The Morgan fingerprint density at radius 1 is 0.931 bits per heavy atom. The van der Waals surface area contributed by atoms with Crippen LogP contribution in [-0.2, 0) is 14.8 Å². The molecule has 0 radical (unpaired) electrons. The van der Waals surface area contributed by atoms with Crippen molar-refractivity contribution in [2.24, 2.45) is 0 Å². The fraction of sp³-hybridized carbons (Fsp3) is 0.300. The summed E-state index contributed by atoms with van der Waals surface area (Å²) in [5.74, 6) is -0.800. The van der Waals surface area contributed by atoms with Crippen molar-refractivity contribution in [3.05, 3.63) is 48.0 Å². The van der Waals surface area contributed by atoms with Gasteiger partial charge in [0.25, 0.3) is 5.91 Å². The minimum absolute atomic E-state index is 0.0921. The van der Waals surface area contributed by atoms with E-state index < -0.39 is 15.9 Å². The van der Waals surface area contributed by atoms with E-state index in [-0.39, 0.29) is 17.2 Å². The second kappa shape index (κ2) is 9.42. The first-order valence-electron chi connectivity index (χ1n) is 9.18. The highest BCUT2D eigenvalue weighted by atomic mass is 32.2. The Morgan fingerprint density at radius 3 is 2.03 bits per heavy atom. The number of rotatable bonds is 8. The van der Waals surface area contributed by atoms with Gasteiger partial charge in [-0.05, 0) is 56.3 Å². The van der Waals surface area contributed by atoms with Crippen LogP contribution in [0.3, 0.4) is 0 Å². The first-order chi connectivity index (χ1) is 13.6. The summed E-state index contributed by atoms with van der Waals surface area (Å²) in [6.07, 6.45) is 1.00. The maximum absolute atomic E-state index is 12.8. The zero-order chi connectivity index (χ0) is 21.6. The quantitative estimate of drug-likeness (QED) is 0.610. The molecule has 2 aromatic carbocycles. The lowest BCUT2D eigenvalue weighted by atomic mass is 10.1. The average molecular weight is 419 g/mol. The predicted molar refractivity (Wildman–Crippen MR) is 117 cm³/mol. The van der Waals surface area contributed by atoms with Gasteiger partial charge in [0.15, 0.2) is 0 Å². The van der Waals surface area contributed by atoms with Crippen LogP contribution < -0.4 is 20.3 Å². The Hall–Kier alpha value is -3.07. The standard InChI is InChI=1S/C20H26N4O4S/c1-5-24(6-2)17-10-7-15(8-11-17)22-20(26)18-13-16(21-14(3)25)9-12-19(18)23-29(4,27)28/h7-13,23H,5-6H2,1-4H3,(H,21,25)(H,22,26). The molecule has 0 fully saturated rings. The highest BCUT2D eigenvalue weighted by molar-refractivity contribution is 7.92. The molecule has 2 rings (SSSR count). The molecule has 0 saturated heterocycles. The van der Waals surface area contributed by atoms with Crippen molar-refractivity contribution in [1.29, 1.82) is 0 Å². The van der Waals surface area contributed by atoms with E-state index in [1.54, 1.807) is 12.1 Å². The SMILES string of the molecule is CCN(CC)c1ccc(NC(=O)c2cc(NC(C)=O)ccc2NS(C)(=O)=O)cc1. The molecule has 0 bridgehead atoms. The van der Waals surface area contributed by atoms with Gasteiger partial charge in [-0.25, -0.2) is 8.42 Å². The van der Waals surface area contributed by atoms with Crippen molar-refractivity contribution >= 4 is 44.6 Å². The predicted octanol–water partition coefficient (Wildman–Crippen LogP) is 3.12. The summed E-state index contributed by atoms with van der Waals surface area (Å²) < 4.78 is 25.6. The highest BCUT2D eigenvalue weighted by Gasteiger charge is 2.16. The summed E-state index contributed by atoms with van der Waals surface area (Å²) in [6.45, 7) is 7.23. The molecule has 8 nitrogen and oxygen atoms in total. The van der Waals surface area contributed by atoms with Crippen LogP contribution in [0.15, 0.2) is 42.5 Å². The third-order valence-electron chi connectivity index (χ3n) is 4.13. The first kappa shape index (κ1) is 22.2. The molecule has 0 saturated carbocycles. The second-order valence-electron chi connectivity index (χ2n) is 6.49. The van der Waals surface area contributed by atoms with Crippen LogP contribution in [0, 0.1) is 0 Å². The largest absolute Gasteiger partial charge is 0.372 e. The van der Waals surface area contributed by atoms with E-state index >= 15 is 0 Å². The van der Waals surface area contributed by atoms with Crippen molar-refractivity contribution in [2.75, 3.05) is 39.6 Å².